The molecule has 0 aliphatic rings. The van der Waals surface area contributed by atoms with Crippen molar-refractivity contribution in [2.75, 3.05) is 19.5 Å². The minimum Gasteiger partial charge on any atom is -0.493 e. The van der Waals surface area contributed by atoms with E-state index < -0.39 is 0 Å². The Kier molecular flexibility index (Phi) is 4.85. The van der Waals surface area contributed by atoms with Gasteiger partial charge in [0.15, 0.2) is 11.5 Å². The lowest BCUT2D eigenvalue weighted by molar-refractivity contribution is 0.102. The van der Waals surface area contributed by atoms with E-state index >= 15 is 0 Å². The monoisotopic (exact) mass is 349 g/mol. The quantitative estimate of drug-likeness (QED) is 0.906. The lowest BCUT2D eigenvalue weighted by Gasteiger charge is -2.11. The number of carbonyl (C=O) groups is 1. The number of rotatable bonds is 4. The molecule has 1 amide bonds. The second-order valence-corrected chi connectivity index (χ2v) is 5.36. The van der Waals surface area contributed by atoms with Gasteiger partial charge in [0.25, 0.3) is 5.91 Å². The van der Waals surface area contributed by atoms with Gasteiger partial charge >= 0.3 is 0 Å². The van der Waals surface area contributed by atoms with Crippen molar-refractivity contribution in [1.82, 2.24) is 0 Å². The fourth-order valence-electron chi connectivity index (χ4n) is 1.93. The summed E-state index contributed by atoms with van der Waals surface area (Å²) < 4.78 is 11.1. The van der Waals surface area contributed by atoms with Crippen molar-refractivity contribution in [2.45, 2.75) is 6.92 Å². The lowest BCUT2D eigenvalue weighted by atomic mass is 10.1. The summed E-state index contributed by atoms with van der Waals surface area (Å²) in [5.74, 6) is 1.00. The number of nitrogens with one attached hydrogen (secondary N) is 1. The predicted molar refractivity (Wildman–Crippen MR) is 86.4 cm³/mol. The summed E-state index contributed by atoms with van der Waals surface area (Å²) >= 11 is 3.39. The average Bonchev–Trinajstić information content (AvgIpc) is 2.49. The zero-order chi connectivity index (χ0) is 15.4. The Balaban J connectivity index is 2.25. The summed E-state index contributed by atoms with van der Waals surface area (Å²) in [6.45, 7) is 1.94. The highest BCUT2D eigenvalue weighted by Crippen LogP contribution is 2.30. The number of methoxy groups -OCH3 is 2. The molecule has 0 unspecified atom stereocenters. The molecule has 5 heteroatoms. The van der Waals surface area contributed by atoms with E-state index in [0.717, 1.165) is 10.0 Å². The van der Waals surface area contributed by atoms with Crippen molar-refractivity contribution in [2.24, 2.45) is 0 Å². The molecular formula is C16H16BrNO3. The van der Waals surface area contributed by atoms with Crippen molar-refractivity contribution < 1.29 is 14.3 Å². The molecule has 0 radical (unpaired) electrons. The standard InChI is InChI=1S/C16H16BrNO3/c1-10-4-6-13(17)12(8-10)16(19)18-11-5-7-14(20-2)15(9-11)21-3/h4-9H,1-3H3,(H,18,19). The predicted octanol–water partition coefficient (Wildman–Crippen LogP) is 4.03. The maximum atomic E-state index is 12.3. The molecule has 21 heavy (non-hydrogen) atoms. The number of carbonyl (C=O) groups excluding carboxylic acids is 1. The molecule has 2 aromatic rings. The highest BCUT2D eigenvalue weighted by molar-refractivity contribution is 9.10. The van der Waals surface area contributed by atoms with Crippen LogP contribution in [0.2, 0.25) is 0 Å². The Labute approximate surface area is 132 Å². The molecular weight excluding hydrogens is 334 g/mol. The first-order valence-electron chi connectivity index (χ1n) is 6.34. The van der Waals surface area contributed by atoms with Gasteiger partial charge in [-0.1, -0.05) is 11.6 Å². The fourth-order valence-corrected chi connectivity index (χ4v) is 2.35. The van der Waals surface area contributed by atoms with Gasteiger partial charge in [0.2, 0.25) is 0 Å². The first kappa shape index (κ1) is 15.4. The van der Waals surface area contributed by atoms with Crippen LogP contribution in [0.3, 0.4) is 0 Å². The summed E-state index contributed by atoms with van der Waals surface area (Å²) in [4.78, 5) is 12.3. The maximum absolute atomic E-state index is 12.3. The van der Waals surface area contributed by atoms with E-state index in [4.69, 9.17) is 9.47 Å². The van der Waals surface area contributed by atoms with E-state index in [0.29, 0.717) is 22.7 Å². The molecule has 0 saturated carbocycles. The lowest BCUT2D eigenvalue weighted by Crippen LogP contribution is -2.13. The third-order valence-electron chi connectivity index (χ3n) is 3.01. The Bertz CT molecular complexity index is 671. The number of ether oxygens (including phenoxy) is 2. The Morgan fingerprint density at radius 3 is 2.43 bits per heavy atom. The Hall–Kier alpha value is -2.01. The molecule has 0 heterocycles. The van der Waals surface area contributed by atoms with Gasteiger partial charge in [0, 0.05) is 16.2 Å². The van der Waals surface area contributed by atoms with Crippen molar-refractivity contribution in [3.05, 3.63) is 52.0 Å². The topological polar surface area (TPSA) is 47.6 Å². The largest absolute Gasteiger partial charge is 0.493 e. The van der Waals surface area contributed by atoms with Crippen molar-refractivity contribution in [1.29, 1.82) is 0 Å². The van der Waals surface area contributed by atoms with Gasteiger partial charge in [0.1, 0.15) is 0 Å². The van der Waals surface area contributed by atoms with Crippen LogP contribution in [0.25, 0.3) is 0 Å². The average molecular weight is 350 g/mol. The van der Waals surface area contributed by atoms with Crippen molar-refractivity contribution in [3.8, 4) is 11.5 Å². The molecule has 0 atom stereocenters. The van der Waals surface area contributed by atoms with Gasteiger partial charge in [-0.05, 0) is 47.1 Å². The fraction of sp³-hybridized carbons (Fsp3) is 0.188. The number of hydrogen-bond donors (Lipinski definition) is 1. The molecule has 0 bridgehead atoms. The second-order valence-electron chi connectivity index (χ2n) is 4.51. The molecule has 4 nitrogen and oxygen atoms in total. The van der Waals surface area contributed by atoms with Gasteiger partial charge in [-0.25, -0.2) is 0 Å². The highest BCUT2D eigenvalue weighted by atomic mass is 79.9. The number of halogens is 1. The zero-order valence-corrected chi connectivity index (χ0v) is 13.7. The summed E-state index contributed by atoms with van der Waals surface area (Å²) in [5, 5.41) is 2.85. The number of benzene rings is 2. The van der Waals surface area contributed by atoms with Crippen LogP contribution < -0.4 is 14.8 Å². The normalized spacial score (nSPS) is 10.1. The zero-order valence-electron chi connectivity index (χ0n) is 12.1. The van der Waals surface area contributed by atoms with Crippen LogP contribution in [0.5, 0.6) is 11.5 Å². The molecule has 1 N–H and O–H groups in total. The van der Waals surface area contributed by atoms with Crippen molar-refractivity contribution in [3.63, 3.8) is 0 Å². The van der Waals surface area contributed by atoms with E-state index in [1.165, 1.54) is 0 Å². The Morgan fingerprint density at radius 2 is 1.76 bits per heavy atom. The summed E-state index contributed by atoms with van der Waals surface area (Å²) in [6.07, 6.45) is 0. The number of hydrogen-bond acceptors (Lipinski definition) is 3. The number of anilines is 1. The molecule has 0 spiro atoms. The highest BCUT2D eigenvalue weighted by Gasteiger charge is 2.12. The van der Waals surface area contributed by atoms with E-state index in [1.54, 1.807) is 32.4 Å². The van der Waals surface area contributed by atoms with E-state index in [2.05, 4.69) is 21.2 Å². The van der Waals surface area contributed by atoms with Crippen LogP contribution in [-0.4, -0.2) is 20.1 Å². The summed E-state index contributed by atoms with van der Waals surface area (Å²) in [6, 6.07) is 10.9. The van der Waals surface area contributed by atoms with Crippen LogP contribution in [0, 0.1) is 6.92 Å². The van der Waals surface area contributed by atoms with E-state index in [9.17, 15) is 4.79 Å². The summed E-state index contributed by atoms with van der Waals surface area (Å²) in [7, 11) is 3.13. The van der Waals surface area contributed by atoms with Crippen LogP contribution in [0.4, 0.5) is 5.69 Å². The van der Waals surface area contributed by atoms with Crippen LogP contribution >= 0.6 is 15.9 Å². The van der Waals surface area contributed by atoms with Gasteiger partial charge in [0.05, 0.1) is 19.8 Å². The number of amides is 1. The molecule has 0 aromatic heterocycles. The van der Waals surface area contributed by atoms with Gasteiger partial charge < -0.3 is 14.8 Å². The van der Waals surface area contributed by atoms with Gasteiger partial charge in [-0.2, -0.15) is 0 Å². The molecule has 0 fully saturated rings. The molecule has 110 valence electrons. The molecule has 0 aliphatic carbocycles. The SMILES string of the molecule is COc1ccc(NC(=O)c2cc(C)ccc2Br)cc1OC. The third-order valence-corrected chi connectivity index (χ3v) is 3.70. The first-order chi connectivity index (χ1) is 10.0. The van der Waals surface area contributed by atoms with Gasteiger partial charge in [-0.3, -0.25) is 4.79 Å². The Morgan fingerprint density at radius 1 is 1.05 bits per heavy atom. The van der Waals surface area contributed by atoms with Crippen LogP contribution in [0.1, 0.15) is 15.9 Å². The molecule has 2 rings (SSSR count). The first-order valence-corrected chi connectivity index (χ1v) is 7.14. The van der Waals surface area contributed by atoms with Crippen molar-refractivity contribution >= 4 is 27.5 Å². The number of aryl methyl sites for hydroxylation is 1. The minimum absolute atomic E-state index is 0.183. The molecule has 0 aliphatic heterocycles. The maximum Gasteiger partial charge on any atom is 0.256 e. The minimum atomic E-state index is -0.183. The molecule has 0 saturated heterocycles. The van der Waals surface area contributed by atoms with Gasteiger partial charge in [-0.15, -0.1) is 0 Å². The van der Waals surface area contributed by atoms with E-state index in [-0.39, 0.29) is 5.91 Å². The van der Waals surface area contributed by atoms with Crippen LogP contribution in [-0.2, 0) is 0 Å². The van der Waals surface area contributed by atoms with Crippen LogP contribution in [0.15, 0.2) is 40.9 Å². The third kappa shape index (κ3) is 3.55. The summed E-state index contributed by atoms with van der Waals surface area (Å²) in [5.41, 5.74) is 2.26. The smallest absolute Gasteiger partial charge is 0.256 e. The molecule has 2 aromatic carbocycles. The second kappa shape index (κ2) is 6.63. The van der Waals surface area contributed by atoms with E-state index in [1.807, 2.05) is 25.1 Å².